The fraction of sp³-hybridized carbons (Fsp3) is 0.200. The first-order valence-electron chi connectivity index (χ1n) is 8.84. The molecule has 1 atom stereocenters. The van der Waals surface area contributed by atoms with Gasteiger partial charge in [-0.25, -0.2) is 9.18 Å². The fourth-order valence-electron chi connectivity index (χ4n) is 2.73. The Morgan fingerprint density at radius 1 is 1.13 bits per heavy atom. The first-order valence-corrected chi connectivity index (χ1v) is 10.4. The Morgan fingerprint density at radius 3 is 2.37 bits per heavy atom. The third kappa shape index (κ3) is 4.77. The monoisotopic (exact) mass is 435 g/mol. The molecule has 0 aromatic heterocycles. The lowest BCUT2D eigenvalue weighted by molar-refractivity contribution is -0.123. The number of ketones is 1. The van der Waals surface area contributed by atoms with E-state index in [0.29, 0.717) is 5.56 Å². The molecule has 1 aliphatic heterocycles. The van der Waals surface area contributed by atoms with E-state index in [-0.39, 0.29) is 17.7 Å². The highest BCUT2D eigenvalue weighted by molar-refractivity contribution is 7.86. The minimum absolute atomic E-state index is 0.221. The van der Waals surface area contributed by atoms with Crippen LogP contribution in [-0.4, -0.2) is 26.8 Å². The van der Waals surface area contributed by atoms with Crippen LogP contribution in [0.1, 0.15) is 34.5 Å². The summed E-state index contributed by atoms with van der Waals surface area (Å²) in [6.07, 6.45) is -1.21. The average Bonchev–Trinajstić information content (AvgIpc) is 2.98. The number of esters is 1. The van der Waals surface area contributed by atoms with Crippen LogP contribution in [0.5, 0.6) is 0 Å². The van der Waals surface area contributed by atoms with Crippen molar-refractivity contribution in [3.8, 4) is 0 Å². The van der Waals surface area contributed by atoms with Crippen molar-refractivity contribution >= 4 is 21.9 Å². The summed E-state index contributed by atoms with van der Waals surface area (Å²) < 4.78 is 52.6. The second kappa shape index (κ2) is 8.54. The largest absolute Gasteiger partial charge is 0.462 e. The zero-order chi connectivity index (χ0) is 21.9. The van der Waals surface area contributed by atoms with E-state index in [2.05, 4.69) is 0 Å². The van der Waals surface area contributed by atoms with Crippen molar-refractivity contribution in [2.45, 2.75) is 18.8 Å². The maximum Gasteiger partial charge on any atom is 0.338 e. The van der Waals surface area contributed by atoms with E-state index in [1.807, 2.05) is 0 Å². The molecule has 0 fully saturated rings. The van der Waals surface area contributed by atoms with E-state index in [0.717, 1.165) is 12.1 Å². The SMILES string of the molecule is CCOC(=O)c1ccc(C2OC(N)=C(OS(=O)(=O)Cc3ccc(F)cc3)C2=O)cc1. The summed E-state index contributed by atoms with van der Waals surface area (Å²) in [5.41, 5.74) is 6.57. The Kier molecular flexibility index (Phi) is 6.06. The van der Waals surface area contributed by atoms with Gasteiger partial charge in [0.25, 0.3) is 0 Å². The highest BCUT2D eigenvalue weighted by atomic mass is 32.2. The molecule has 2 aromatic carbocycles. The number of Topliss-reactive ketones (excluding diaryl/α,β-unsaturated/α-hetero) is 1. The molecular weight excluding hydrogens is 417 g/mol. The minimum Gasteiger partial charge on any atom is -0.462 e. The number of carbonyl (C=O) groups is 2. The molecule has 0 saturated carbocycles. The van der Waals surface area contributed by atoms with E-state index in [1.165, 1.54) is 36.4 Å². The second-order valence-corrected chi connectivity index (χ2v) is 7.88. The van der Waals surface area contributed by atoms with Gasteiger partial charge in [0.05, 0.1) is 12.2 Å². The number of hydrogen-bond donors (Lipinski definition) is 1. The Hall–Kier alpha value is -3.40. The predicted molar refractivity (Wildman–Crippen MR) is 103 cm³/mol. The number of benzene rings is 2. The molecule has 158 valence electrons. The van der Waals surface area contributed by atoms with Crippen LogP contribution in [0.3, 0.4) is 0 Å². The summed E-state index contributed by atoms with van der Waals surface area (Å²) in [6.45, 7) is 1.90. The van der Waals surface area contributed by atoms with Crippen LogP contribution in [0.4, 0.5) is 4.39 Å². The molecule has 0 bridgehead atoms. The van der Waals surface area contributed by atoms with Crippen molar-refractivity contribution in [2.75, 3.05) is 6.61 Å². The Labute approximate surface area is 172 Å². The van der Waals surface area contributed by atoms with Crippen LogP contribution in [0.2, 0.25) is 0 Å². The first kappa shape index (κ1) is 21.3. The van der Waals surface area contributed by atoms with Crippen LogP contribution in [-0.2, 0) is 34.3 Å². The molecule has 2 aromatic rings. The third-order valence-electron chi connectivity index (χ3n) is 4.12. The molecule has 1 aliphatic rings. The third-order valence-corrected chi connectivity index (χ3v) is 5.23. The van der Waals surface area contributed by atoms with E-state index in [4.69, 9.17) is 19.4 Å². The number of halogens is 1. The summed E-state index contributed by atoms with van der Waals surface area (Å²) >= 11 is 0. The van der Waals surface area contributed by atoms with Crippen molar-refractivity contribution < 1.29 is 36.1 Å². The highest BCUT2D eigenvalue weighted by Crippen LogP contribution is 2.33. The Morgan fingerprint density at radius 2 is 1.77 bits per heavy atom. The molecule has 1 unspecified atom stereocenters. The van der Waals surface area contributed by atoms with E-state index < -0.39 is 51.2 Å². The molecule has 1 heterocycles. The van der Waals surface area contributed by atoms with Gasteiger partial charge in [-0.3, -0.25) is 4.79 Å². The molecule has 0 amide bonds. The number of hydrogen-bond acceptors (Lipinski definition) is 8. The molecule has 3 rings (SSSR count). The molecule has 0 spiro atoms. The molecule has 0 radical (unpaired) electrons. The quantitative estimate of drug-likeness (QED) is 0.519. The van der Waals surface area contributed by atoms with Gasteiger partial charge in [-0.05, 0) is 36.8 Å². The number of nitrogens with two attached hydrogens (primary N) is 1. The standard InChI is InChI=1S/C20H18FNO7S/c1-2-27-20(24)14-7-5-13(6-8-14)17-16(23)18(19(22)28-17)29-30(25,26)11-12-3-9-15(21)10-4-12/h3-10,17H,2,11,22H2,1H3. The van der Waals surface area contributed by atoms with Gasteiger partial charge in [0.2, 0.25) is 17.4 Å². The minimum atomic E-state index is -4.25. The molecule has 0 saturated heterocycles. The topological polar surface area (TPSA) is 122 Å². The van der Waals surface area contributed by atoms with Crippen LogP contribution in [0.15, 0.2) is 60.2 Å². The molecule has 10 heteroatoms. The molecular formula is C20H18FNO7S. The van der Waals surface area contributed by atoms with Gasteiger partial charge in [0.15, 0.2) is 6.10 Å². The van der Waals surface area contributed by atoms with Gasteiger partial charge in [-0.1, -0.05) is 24.3 Å². The highest BCUT2D eigenvalue weighted by Gasteiger charge is 2.39. The zero-order valence-corrected chi connectivity index (χ0v) is 16.6. The van der Waals surface area contributed by atoms with E-state index >= 15 is 0 Å². The lowest BCUT2D eigenvalue weighted by atomic mass is 10.0. The average molecular weight is 435 g/mol. The van der Waals surface area contributed by atoms with Gasteiger partial charge in [0, 0.05) is 5.56 Å². The molecule has 8 nitrogen and oxygen atoms in total. The predicted octanol–water partition coefficient (Wildman–Crippen LogP) is 2.32. The first-order chi connectivity index (χ1) is 14.2. The van der Waals surface area contributed by atoms with Crippen molar-refractivity contribution in [3.63, 3.8) is 0 Å². The molecule has 0 aliphatic carbocycles. The van der Waals surface area contributed by atoms with E-state index in [1.54, 1.807) is 6.92 Å². The van der Waals surface area contributed by atoms with Crippen LogP contribution in [0, 0.1) is 5.82 Å². The smallest absolute Gasteiger partial charge is 0.338 e. The van der Waals surface area contributed by atoms with Gasteiger partial charge in [0.1, 0.15) is 11.6 Å². The summed E-state index contributed by atoms with van der Waals surface area (Å²) in [6, 6.07) is 10.6. The maximum absolute atomic E-state index is 13.0. The Bertz CT molecular complexity index is 1090. The second-order valence-electron chi connectivity index (χ2n) is 6.31. The van der Waals surface area contributed by atoms with Gasteiger partial charge in [-0.2, -0.15) is 8.42 Å². The number of rotatable bonds is 7. The van der Waals surface area contributed by atoms with Gasteiger partial charge < -0.3 is 19.4 Å². The summed E-state index contributed by atoms with van der Waals surface area (Å²) in [4.78, 5) is 24.3. The Balaban J connectivity index is 1.72. The number of carbonyl (C=O) groups excluding carboxylic acids is 2. The lowest BCUT2D eigenvalue weighted by Gasteiger charge is -2.10. The molecule has 2 N–H and O–H groups in total. The maximum atomic E-state index is 13.0. The summed E-state index contributed by atoms with van der Waals surface area (Å²) in [7, 11) is -4.25. The van der Waals surface area contributed by atoms with Crippen molar-refractivity contribution in [2.24, 2.45) is 5.73 Å². The van der Waals surface area contributed by atoms with Crippen LogP contribution >= 0.6 is 0 Å². The summed E-state index contributed by atoms with van der Waals surface area (Å²) in [5.74, 6) is -3.50. The normalized spacial score (nSPS) is 16.3. The van der Waals surface area contributed by atoms with Gasteiger partial charge in [-0.15, -0.1) is 0 Å². The molecule has 30 heavy (non-hydrogen) atoms. The van der Waals surface area contributed by atoms with Crippen LogP contribution in [0.25, 0.3) is 0 Å². The van der Waals surface area contributed by atoms with Crippen LogP contribution < -0.4 is 5.73 Å². The van der Waals surface area contributed by atoms with Crippen molar-refractivity contribution in [3.05, 3.63) is 82.7 Å². The zero-order valence-electron chi connectivity index (χ0n) is 15.8. The lowest BCUT2D eigenvalue weighted by Crippen LogP contribution is -2.16. The number of ether oxygens (including phenoxy) is 2. The fourth-order valence-corrected chi connectivity index (χ4v) is 3.80. The van der Waals surface area contributed by atoms with Crippen molar-refractivity contribution in [1.82, 2.24) is 0 Å². The van der Waals surface area contributed by atoms with Crippen molar-refractivity contribution in [1.29, 1.82) is 0 Å². The van der Waals surface area contributed by atoms with E-state index in [9.17, 15) is 22.4 Å². The summed E-state index contributed by atoms with van der Waals surface area (Å²) in [5, 5.41) is 0. The van der Waals surface area contributed by atoms with Gasteiger partial charge >= 0.3 is 16.1 Å².